The highest BCUT2D eigenvalue weighted by atomic mass is 16.5. The van der Waals surface area contributed by atoms with Gasteiger partial charge < -0.3 is 14.5 Å². The highest BCUT2D eigenvalue weighted by molar-refractivity contribution is 5.94. The van der Waals surface area contributed by atoms with E-state index in [0.717, 1.165) is 31.9 Å². The molecule has 1 fully saturated rings. The predicted molar refractivity (Wildman–Crippen MR) is 84.2 cm³/mol. The van der Waals surface area contributed by atoms with Gasteiger partial charge in [-0.15, -0.1) is 0 Å². The van der Waals surface area contributed by atoms with Gasteiger partial charge >= 0.3 is 0 Å². The molecule has 2 aromatic rings. The zero-order valence-electron chi connectivity index (χ0n) is 12.6. The smallest absolute Gasteiger partial charge is 0.255 e. The van der Waals surface area contributed by atoms with Crippen molar-refractivity contribution in [2.45, 2.75) is 0 Å². The molecule has 1 aromatic carbocycles. The number of pyridine rings is 1. The predicted octanol–water partition coefficient (Wildman–Crippen LogP) is 2.26. The Morgan fingerprint density at radius 2 is 1.77 bits per heavy atom. The highest BCUT2D eigenvalue weighted by Crippen LogP contribution is 2.19. The van der Waals surface area contributed by atoms with Crippen LogP contribution in [0.4, 0.5) is 0 Å². The van der Waals surface area contributed by atoms with Gasteiger partial charge in [-0.3, -0.25) is 4.79 Å². The third-order valence-electron chi connectivity index (χ3n) is 3.74. The molecule has 0 spiro atoms. The maximum Gasteiger partial charge on any atom is 0.255 e. The van der Waals surface area contributed by atoms with Gasteiger partial charge in [0, 0.05) is 38.4 Å². The number of piperazine rings is 1. The van der Waals surface area contributed by atoms with Gasteiger partial charge in [-0.05, 0) is 25.2 Å². The molecular weight excluding hydrogens is 278 g/mol. The molecule has 114 valence electrons. The molecule has 5 nitrogen and oxygen atoms in total. The lowest BCUT2D eigenvalue weighted by atomic mass is 10.2. The Morgan fingerprint density at radius 1 is 1.05 bits per heavy atom. The molecule has 3 rings (SSSR count). The number of ether oxygens (including phenoxy) is 1. The van der Waals surface area contributed by atoms with Crippen molar-refractivity contribution in [1.29, 1.82) is 0 Å². The zero-order chi connectivity index (χ0) is 15.4. The Labute approximate surface area is 130 Å². The third kappa shape index (κ3) is 3.43. The van der Waals surface area contributed by atoms with E-state index in [1.54, 1.807) is 18.3 Å². The molecule has 1 aromatic heterocycles. The van der Waals surface area contributed by atoms with Crippen LogP contribution < -0.4 is 4.74 Å². The number of aromatic nitrogens is 1. The number of amides is 1. The van der Waals surface area contributed by atoms with Gasteiger partial charge in [0.05, 0.1) is 5.56 Å². The van der Waals surface area contributed by atoms with Gasteiger partial charge in [-0.2, -0.15) is 0 Å². The van der Waals surface area contributed by atoms with Crippen molar-refractivity contribution < 1.29 is 9.53 Å². The maximum atomic E-state index is 12.4. The quantitative estimate of drug-likeness (QED) is 0.872. The Balaban J connectivity index is 1.65. The van der Waals surface area contributed by atoms with Crippen LogP contribution in [0, 0.1) is 0 Å². The van der Waals surface area contributed by atoms with Crippen LogP contribution in [0.3, 0.4) is 0 Å². The first-order valence-electron chi connectivity index (χ1n) is 7.39. The van der Waals surface area contributed by atoms with E-state index in [2.05, 4.69) is 16.9 Å². The summed E-state index contributed by atoms with van der Waals surface area (Å²) >= 11 is 0. The van der Waals surface area contributed by atoms with Crippen LogP contribution in [0.2, 0.25) is 0 Å². The average molecular weight is 297 g/mol. The Morgan fingerprint density at radius 3 is 2.41 bits per heavy atom. The van der Waals surface area contributed by atoms with Gasteiger partial charge in [0.1, 0.15) is 5.75 Å². The third-order valence-corrected chi connectivity index (χ3v) is 3.74. The van der Waals surface area contributed by atoms with Crippen molar-refractivity contribution in [3.05, 3.63) is 54.2 Å². The van der Waals surface area contributed by atoms with Crippen molar-refractivity contribution in [2.24, 2.45) is 0 Å². The maximum absolute atomic E-state index is 12.4. The molecular formula is C17H19N3O2. The lowest BCUT2D eigenvalue weighted by Crippen LogP contribution is -2.47. The van der Waals surface area contributed by atoms with E-state index in [-0.39, 0.29) is 5.91 Å². The highest BCUT2D eigenvalue weighted by Gasteiger charge is 2.20. The zero-order valence-corrected chi connectivity index (χ0v) is 12.6. The summed E-state index contributed by atoms with van der Waals surface area (Å²) in [5.74, 6) is 1.25. The monoisotopic (exact) mass is 297 g/mol. The van der Waals surface area contributed by atoms with Crippen molar-refractivity contribution in [3.8, 4) is 11.6 Å². The summed E-state index contributed by atoms with van der Waals surface area (Å²) in [6, 6.07) is 13.0. The van der Waals surface area contributed by atoms with E-state index >= 15 is 0 Å². The average Bonchev–Trinajstić information content (AvgIpc) is 2.57. The van der Waals surface area contributed by atoms with E-state index in [9.17, 15) is 4.79 Å². The van der Waals surface area contributed by atoms with Gasteiger partial charge in [0.2, 0.25) is 5.88 Å². The Hall–Kier alpha value is -2.40. The number of hydrogen-bond acceptors (Lipinski definition) is 4. The number of carbonyl (C=O) groups excluding carboxylic acids is 1. The first-order chi connectivity index (χ1) is 10.7. The summed E-state index contributed by atoms with van der Waals surface area (Å²) < 4.78 is 5.63. The topological polar surface area (TPSA) is 45.7 Å². The molecule has 1 saturated heterocycles. The Bertz CT molecular complexity index is 620. The molecule has 1 aliphatic rings. The van der Waals surface area contributed by atoms with Crippen molar-refractivity contribution in [2.75, 3.05) is 33.2 Å². The van der Waals surface area contributed by atoms with Crippen molar-refractivity contribution >= 4 is 5.91 Å². The summed E-state index contributed by atoms with van der Waals surface area (Å²) in [4.78, 5) is 20.7. The summed E-state index contributed by atoms with van der Waals surface area (Å²) in [6.45, 7) is 3.35. The number of likely N-dealkylation sites (N-methyl/N-ethyl adjacent to an activating group) is 1. The molecule has 0 bridgehead atoms. The SMILES string of the molecule is CN1CCN(C(=O)c2ccc(Oc3ccccc3)nc2)CC1. The minimum absolute atomic E-state index is 0.0341. The number of hydrogen-bond donors (Lipinski definition) is 0. The Kier molecular flexibility index (Phi) is 4.34. The van der Waals surface area contributed by atoms with E-state index in [1.165, 1.54) is 0 Å². The lowest BCUT2D eigenvalue weighted by molar-refractivity contribution is 0.0663. The molecule has 22 heavy (non-hydrogen) atoms. The lowest BCUT2D eigenvalue weighted by Gasteiger charge is -2.32. The van der Waals surface area contributed by atoms with Crippen LogP contribution >= 0.6 is 0 Å². The molecule has 0 atom stereocenters. The summed E-state index contributed by atoms with van der Waals surface area (Å²) in [7, 11) is 2.07. The fourth-order valence-electron chi connectivity index (χ4n) is 2.37. The fraction of sp³-hybridized carbons (Fsp3) is 0.294. The first kappa shape index (κ1) is 14.5. The van der Waals surface area contributed by atoms with E-state index in [1.807, 2.05) is 35.2 Å². The molecule has 0 unspecified atom stereocenters. The molecule has 0 aliphatic carbocycles. The van der Waals surface area contributed by atoms with E-state index in [0.29, 0.717) is 11.4 Å². The second kappa shape index (κ2) is 6.58. The van der Waals surface area contributed by atoms with Crippen LogP contribution in [-0.2, 0) is 0 Å². The molecule has 1 aliphatic heterocycles. The second-order valence-electron chi connectivity index (χ2n) is 5.40. The molecule has 0 N–H and O–H groups in total. The van der Waals surface area contributed by atoms with Crippen LogP contribution in [0.15, 0.2) is 48.7 Å². The number of nitrogens with zero attached hydrogens (tertiary/aromatic N) is 3. The van der Waals surface area contributed by atoms with Crippen LogP contribution in [0.25, 0.3) is 0 Å². The molecule has 5 heteroatoms. The van der Waals surface area contributed by atoms with Crippen LogP contribution in [0.1, 0.15) is 10.4 Å². The van der Waals surface area contributed by atoms with Gasteiger partial charge in [-0.1, -0.05) is 18.2 Å². The molecule has 2 heterocycles. The van der Waals surface area contributed by atoms with Crippen molar-refractivity contribution in [1.82, 2.24) is 14.8 Å². The fourth-order valence-corrected chi connectivity index (χ4v) is 2.37. The number of carbonyl (C=O) groups is 1. The molecule has 0 saturated carbocycles. The van der Waals surface area contributed by atoms with E-state index < -0.39 is 0 Å². The number of rotatable bonds is 3. The molecule has 0 radical (unpaired) electrons. The number of benzene rings is 1. The standard InChI is InChI=1S/C17H19N3O2/c1-19-9-11-20(12-10-19)17(21)14-7-8-16(18-13-14)22-15-5-3-2-4-6-15/h2-8,13H,9-12H2,1H3. The number of para-hydroxylation sites is 1. The minimum atomic E-state index is 0.0341. The normalized spacial score (nSPS) is 15.6. The first-order valence-corrected chi connectivity index (χ1v) is 7.39. The summed E-state index contributed by atoms with van der Waals surface area (Å²) in [5.41, 5.74) is 0.602. The van der Waals surface area contributed by atoms with Crippen LogP contribution in [-0.4, -0.2) is 53.9 Å². The van der Waals surface area contributed by atoms with E-state index in [4.69, 9.17) is 4.74 Å². The summed E-state index contributed by atoms with van der Waals surface area (Å²) in [6.07, 6.45) is 1.58. The van der Waals surface area contributed by atoms with Crippen molar-refractivity contribution in [3.63, 3.8) is 0 Å². The van der Waals surface area contributed by atoms with Gasteiger partial charge in [-0.25, -0.2) is 4.98 Å². The second-order valence-corrected chi connectivity index (χ2v) is 5.40. The van der Waals surface area contributed by atoms with Gasteiger partial charge in [0.15, 0.2) is 0 Å². The van der Waals surface area contributed by atoms with Crippen LogP contribution in [0.5, 0.6) is 11.6 Å². The minimum Gasteiger partial charge on any atom is -0.439 e. The summed E-state index contributed by atoms with van der Waals surface area (Å²) in [5, 5.41) is 0. The molecule has 1 amide bonds. The van der Waals surface area contributed by atoms with Gasteiger partial charge in [0.25, 0.3) is 5.91 Å². The largest absolute Gasteiger partial charge is 0.439 e.